The average molecular weight is 766 g/mol. The summed E-state index contributed by atoms with van der Waals surface area (Å²) in [6.07, 6.45) is -0.609. The van der Waals surface area contributed by atoms with E-state index in [4.69, 9.17) is 18.9 Å². The van der Waals surface area contributed by atoms with E-state index >= 15 is 0 Å². The van der Waals surface area contributed by atoms with Crippen molar-refractivity contribution in [2.45, 2.75) is 58.3 Å². The van der Waals surface area contributed by atoms with Crippen molar-refractivity contribution in [1.29, 1.82) is 0 Å². The first kappa shape index (κ1) is 41.9. The maximum atomic E-state index is 13.6. The number of methoxy groups -OCH3 is 2. The lowest BCUT2D eigenvalue weighted by Crippen LogP contribution is -2.59. The number of rotatable bonds is 7. The molecule has 55 heavy (non-hydrogen) atoms. The number of amides is 5. The van der Waals surface area contributed by atoms with Gasteiger partial charge in [0.25, 0.3) is 11.8 Å². The number of carbonyl (C=O) groups excluding carboxylic acids is 5. The highest BCUT2D eigenvalue weighted by Gasteiger charge is 2.32. The lowest BCUT2D eigenvalue weighted by molar-refractivity contribution is -0.139. The molecule has 1 aliphatic heterocycles. The van der Waals surface area contributed by atoms with Gasteiger partial charge in [-0.3, -0.25) is 24.0 Å². The van der Waals surface area contributed by atoms with Crippen LogP contribution in [0, 0.1) is 11.7 Å². The second-order valence-electron chi connectivity index (χ2n) is 13.2. The van der Waals surface area contributed by atoms with Crippen molar-refractivity contribution < 1.29 is 52.4 Å². The smallest absolute Gasteiger partial charge is 0.260 e. The number of benzene rings is 3. The Kier molecular flexibility index (Phi) is 15.2. The third kappa shape index (κ3) is 11.8. The number of nitrogens with one attached hydrogen (secondary N) is 4. The summed E-state index contributed by atoms with van der Waals surface area (Å²) < 4.78 is 36.2. The number of fused-ring (bicyclic) bond motifs is 3. The van der Waals surface area contributed by atoms with Crippen LogP contribution in [0.25, 0.3) is 0 Å². The molecule has 3 atom stereocenters. The van der Waals surface area contributed by atoms with E-state index < -0.39 is 72.6 Å². The van der Waals surface area contributed by atoms with Gasteiger partial charge in [-0.2, -0.15) is 0 Å². The Morgan fingerprint density at radius 3 is 2.29 bits per heavy atom. The van der Waals surface area contributed by atoms with Crippen LogP contribution in [0.1, 0.15) is 49.5 Å². The van der Waals surface area contributed by atoms with Crippen LogP contribution in [0.4, 0.5) is 4.39 Å². The molecule has 0 aliphatic carbocycles. The number of carbonyl (C=O) groups is 5. The first-order valence-corrected chi connectivity index (χ1v) is 17.8. The molecule has 0 saturated carbocycles. The minimum absolute atomic E-state index is 0.0689. The van der Waals surface area contributed by atoms with Crippen molar-refractivity contribution >= 4 is 29.5 Å². The summed E-state index contributed by atoms with van der Waals surface area (Å²) in [4.78, 5) is 68.2. The topological polar surface area (TPSA) is 194 Å². The molecule has 3 aromatic rings. The molecule has 0 radical (unpaired) electrons. The minimum atomic E-state index is -1.48. The average Bonchev–Trinajstić information content (AvgIpc) is 3.16. The van der Waals surface area contributed by atoms with Gasteiger partial charge in [-0.15, -0.1) is 0 Å². The molecule has 1 aliphatic rings. The van der Waals surface area contributed by atoms with Gasteiger partial charge in [0, 0.05) is 18.7 Å². The molecule has 5 amide bonds. The van der Waals surface area contributed by atoms with Gasteiger partial charge in [0.15, 0.2) is 18.1 Å². The number of aliphatic hydroxyl groups excluding tert-OH is 1. The third-order valence-corrected chi connectivity index (χ3v) is 8.73. The van der Waals surface area contributed by atoms with Gasteiger partial charge < -0.3 is 50.2 Å². The molecule has 15 nitrogen and oxygen atoms in total. The SMILES string of the molecule is COc1ccc2cc1Oc1cccc(OC)c1CNC(=O)[C@@H](C(C)C)NC(=O)[C@H]([C@@H](C)O)NC(=O)CN(C(=O)COc1ccc(F)cc1)CCCCNC2=O. The van der Waals surface area contributed by atoms with Gasteiger partial charge in [0.1, 0.15) is 35.1 Å². The van der Waals surface area contributed by atoms with Gasteiger partial charge in [-0.25, -0.2) is 4.39 Å². The molecule has 2 bridgehead atoms. The number of aliphatic hydroxyl groups is 1. The van der Waals surface area contributed by atoms with Gasteiger partial charge in [0.2, 0.25) is 17.7 Å². The lowest BCUT2D eigenvalue weighted by atomic mass is 10.0. The van der Waals surface area contributed by atoms with E-state index in [-0.39, 0.29) is 36.7 Å². The number of ether oxygens (including phenoxy) is 4. The molecule has 0 fully saturated rings. The summed E-state index contributed by atoms with van der Waals surface area (Å²) in [6, 6.07) is 12.2. The first-order valence-electron chi connectivity index (χ1n) is 17.8. The second-order valence-corrected chi connectivity index (χ2v) is 13.2. The third-order valence-electron chi connectivity index (χ3n) is 8.73. The minimum Gasteiger partial charge on any atom is -0.496 e. The Morgan fingerprint density at radius 1 is 0.891 bits per heavy atom. The Morgan fingerprint density at radius 2 is 1.62 bits per heavy atom. The van der Waals surface area contributed by atoms with Crippen LogP contribution in [0.5, 0.6) is 28.7 Å². The molecule has 0 saturated heterocycles. The zero-order valence-electron chi connectivity index (χ0n) is 31.5. The van der Waals surface area contributed by atoms with E-state index in [1.54, 1.807) is 44.2 Å². The van der Waals surface area contributed by atoms with Crippen molar-refractivity contribution in [3.63, 3.8) is 0 Å². The summed E-state index contributed by atoms with van der Waals surface area (Å²) in [7, 11) is 2.92. The molecule has 4 rings (SSSR count). The van der Waals surface area contributed by atoms with Crippen molar-refractivity contribution in [3.8, 4) is 28.7 Å². The highest BCUT2D eigenvalue weighted by Crippen LogP contribution is 2.37. The van der Waals surface area contributed by atoms with Crippen LogP contribution in [0.2, 0.25) is 0 Å². The summed E-state index contributed by atoms with van der Waals surface area (Å²) in [5.74, 6) is -2.53. The molecule has 1 heterocycles. The number of hydrogen-bond donors (Lipinski definition) is 5. The fourth-order valence-electron chi connectivity index (χ4n) is 5.67. The highest BCUT2D eigenvalue weighted by molar-refractivity contribution is 5.95. The second kappa shape index (κ2) is 20.0. The van der Waals surface area contributed by atoms with E-state index in [9.17, 15) is 33.5 Å². The van der Waals surface area contributed by atoms with E-state index in [0.29, 0.717) is 35.7 Å². The van der Waals surface area contributed by atoms with Crippen LogP contribution in [0.3, 0.4) is 0 Å². The number of halogens is 1. The molecular weight excluding hydrogens is 717 g/mol. The fourth-order valence-corrected chi connectivity index (χ4v) is 5.67. The standard InChI is InChI=1S/C39H48FN5O10/c1-23(2)35-38(50)42-20-28-29(52-4)9-8-10-30(28)55-32-19-25(11-16-31(32)53-5)37(49)41-17-6-7-18-45(21-33(47)43-36(24(3)46)39(51)44-35)34(48)22-54-27-14-12-26(40)13-15-27/h8-16,19,23-24,35-36,46H,6-7,17-18,20-22H2,1-5H3,(H,41,49)(H,42,50)(H,43,47)(H,44,51)/t24-,35-,36+/m1/s1. The molecule has 296 valence electrons. The van der Waals surface area contributed by atoms with Crippen molar-refractivity contribution in [2.75, 3.05) is 40.5 Å². The van der Waals surface area contributed by atoms with Crippen LogP contribution >= 0.6 is 0 Å². The fraction of sp³-hybridized carbons (Fsp3) is 0.410. The van der Waals surface area contributed by atoms with Crippen molar-refractivity contribution in [3.05, 3.63) is 77.6 Å². The number of hydrogen-bond acceptors (Lipinski definition) is 10. The van der Waals surface area contributed by atoms with Crippen LogP contribution in [0.15, 0.2) is 60.7 Å². The van der Waals surface area contributed by atoms with Gasteiger partial charge >= 0.3 is 0 Å². The van der Waals surface area contributed by atoms with Crippen LogP contribution < -0.4 is 40.2 Å². The Bertz CT molecular complexity index is 1820. The molecule has 3 aromatic carbocycles. The van der Waals surface area contributed by atoms with Crippen molar-refractivity contribution in [2.24, 2.45) is 5.92 Å². The maximum absolute atomic E-state index is 13.6. The van der Waals surface area contributed by atoms with Crippen molar-refractivity contribution in [1.82, 2.24) is 26.2 Å². The van der Waals surface area contributed by atoms with E-state index in [2.05, 4.69) is 21.3 Å². The zero-order chi connectivity index (χ0) is 40.1. The largest absolute Gasteiger partial charge is 0.496 e. The molecule has 16 heteroatoms. The Labute approximate surface area is 318 Å². The molecule has 0 spiro atoms. The predicted molar refractivity (Wildman–Crippen MR) is 198 cm³/mol. The Hall–Kier alpha value is -5.90. The summed E-state index contributed by atoms with van der Waals surface area (Å²) >= 11 is 0. The Balaban J connectivity index is 1.64. The molecule has 0 unspecified atom stereocenters. The first-order chi connectivity index (χ1) is 26.3. The summed E-state index contributed by atoms with van der Waals surface area (Å²) in [6.45, 7) is 3.97. The quantitative estimate of drug-likeness (QED) is 0.239. The van der Waals surface area contributed by atoms with Gasteiger partial charge in [-0.1, -0.05) is 19.9 Å². The van der Waals surface area contributed by atoms with Gasteiger partial charge in [0.05, 0.1) is 39.0 Å². The monoisotopic (exact) mass is 765 g/mol. The van der Waals surface area contributed by atoms with Crippen LogP contribution in [-0.2, 0) is 25.7 Å². The summed E-state index contributed by atoms with van der Waals surface area (Å²) in [5, 5.41) is 21.3. The molecule has 5 N–H and O–H groups in total. The normalized spacial score (nSPS) is 18.4. The van der Waals surface area contributed by atoms with E-state index in [1.165, 1.54) is 56.4 Å². The van der Waals surface area contributed by atoms with Gasteiger partial charge in [-0.05, 0) is 80.3 Å². The zero-order valence-corrected chi connectivity index (χ0v) is 31.5. The molecular formula is C39H48FN5O10. The van der Waals surface area contributed by atoms with E-state index in [1.807, 2.05) is 0 Å². The number of nitrogens with zero attached hydrogens (tertiary/aromatic N) is 1. The predicted octanol–water partition coefficient (Wildman–Crippen LogP) is 2.69. The molecule has 0 aromatic heterocycles. The van der Waals surface area contributed by atoms with E-state index in [0.717, 1.165) is 0 Å². The highest BCUT2D eigenvalue weighted by atomic mass is 19.1. The maximum Gasteiger partial charge on any atom is 0.260 e. The lowest BCUT2D eigenvalue weighted by Gasteiger charge is -2.28. The van der Waals surface area contributed by atoms with Crippen LogP contribution in [-0.4, -0.2) is 98.2 Å². The summed E-state index contributed by atoms with van der Waals surface area (Å²) in [5.41, 5.74) is 0.736.